The van der Waals surface area contributed by atoms with Crippen molar-refractivity contribution in [2.75, 3.05) is 13.1 Å². The molecule has 0 aromatic carbocycles. The van der Waals surface area contributed by atoms with Gasteiger partial charge >= 0.3 is 0 Å². The second kappa shape index (κ2) is 5.39. The smallest absolute Gasteiger partial charge is 0.119 e. The molecule has 0 saturated heterocycles. The minimum absolute atomic E-state index is 0.282. The summed E-state index contributed by atoms with van der Waals surface area (Å²) in [5, 5.41) is 0. The zero-order chi connectivity index (χ0) is 12.2. The van der Waals surface area contributed by atoms with E-state index < -0.39 is 0 Å². The molecule has 3 heteroatoms. The third-order valence-corrected chi connectivity index (χ3v) is 2.59. The third kappa shape index (κ3) is 3.56. The highest BCUT2D eigenvalue weighted by molar-refractivity contribution is 5.28. The first-order chi connectivity index (χ1) is 7.48. The molecule has 1 rings (SSSR count). The molecule has 3 nitrogen and oxygen atoms in total. The van der Waals surface area contributed by atoms with Crippen LogP contribution in [0.5, 0.6) is 0 Å². The van der Waals surface area contributed by atoms with Gasteiger partial charge in [0.15, 0.2) is 0 Å². The normalized spacial score (nSPS) is 16.9. The summed E-state index contributed by atoms with van der Waals surface area (Å²) in [5.41, 5.74) is 4.47. The highest BCUT2D eigenvalue weighted by Crippen LogP contribution is 2.23. The molecule has 0 aromatic heterocycles. The number of allylic oxidation sites excluding steroid dienone is 2. The van der Waals surface area contributed by atoms with Crippen LogP contribution in [0.15, 0.2) is 23.5 Å². The van der Waals surface area contributed by atoms with Crippen LogP contribution in [-0.2, 0) is 0 Å². The van der Waals surface area contributed by atoms with Gasteiger partial charge in [0.05, 0.1) is 0 Å². The predicted octanol–water partition coefficient (Wildman–Crippen LogP) is 2.38. The molecule has 0 spiro atoms. The summed E-state index contributed by atoms with van der Waals surface area (Å²) in [4.78, 5) is 2.32. The van der Waals surface area contributed by atoms with Gasteiger partial charge in [-0.05, 0) is 17.4 Å². The first-order valence-electron chi connectivity index (χ1n) is 6.09. The maximum atomic E-state index is 5.65. The Balaban J connectivity index is 2.83. The van der Waals surface area contributed by atoms with Crippen LogP contribution in [-0.4, -0.2) is 18.0 Å². The highest BCUT2D eigenvalue weighted by Gasteiger charge is 2.21. The SMILES string of the molecule is CCCC1=C(NN)N(CC(C)(C)C)CC=C1. The maximum Gasteiger partial charge on any atom is 0.119 e. The summed E-state index contributed by atoms with van der Waals surface area (Å²) in [7, 11) is 0. The molecule has 0 unspecified atom stereocenters. The fourth-order valence-corrected chi connectivity index (χ4v) is 2.07. The van der Waals surface area contributed by atoms with E-state index in [2.05, 4.69) is 50.2 Å². The minimum Gasteiger partial charge on any atom is -0.353 e. The first-order valence-corrected chi connectivity index (χ1v) is 6.09. The van der Waals surface area contributed by atoms with E-state index in [4.69, 9.17) is 5.84 Å². The molecule has 0 aliphatic carbocycles. The Morgan fingerprint density at radius 2 is 2.12 bits per heavy atom. The van der Waals surface area contributed by atoms with Gasteiger partial charge in [-0.15, -0.1) is 0 Å². The molecule has 0 aromatic rings. The van der Waals surface area contributed by atoms with Gasteiger partial charge in [0, 0.05) is 13.1 Å². The summed E-state index contributed by atoms with van der Waals surface area (Å²) in [5.74, 6) is 6.75. The number of nitrogens with one attached hydrogen (secondary N) is 1. The lowest BCUT2D eigenvalue weighted by Gasteiger charge is -2.35. The van der Waals surface area contributed by atoms with E-state index in [0.29, 0.717) is 0 Å². The molecule has 0 bridgehead atoms. The maximum absolute atomic E-state index is 5.65. The fraction of sp³-hybridized carbons (Fsp3) is 0.692. The topological polar surface area (TPSA) is 41.3 Å². The van der Waals surface area contributed by atoms with Gasteiger partial charge in [-0.1, -0.05) is 46.3 Å². The molecule has 16 heavy (non-hydrogen) atoms. The van der Waals surface area contributed by atoms with E-state index in [1.807, 2.05) is 0 Å². The molecule has 1 aliphatic heterocycles. The van der Waals surface area contributed by atoms with Crippen LogP contribution in [0.25, 0.3) is 0 Å². The average Bonchev–Trinajstić information content (AvgIpc) is 2.16. The highest BCUT2D eigenvalue weighted by atomic mass is 15.4. The molecule has 3 N–H and O–H groups in total. The Morgan fingerprint density at radius 1 is 1.44 bits per heavy atom. The standard InChI is InChI=1S/C13H25N3/c1-5-7-11-8-6-9-16(12(11)15-14)10-13(2,3)4/h6,8,15H,5,7,9-10,14H2,1-4H3. The lowest BCUT2D eigenvalue weighted by atomic mass is 9.95. The number of hydrogen-bond acceptors (Lipinski definition) is 3. The number of nitrogens with zero attached hydrogens (tertiary/aromatic N) is 1. The van der Waals surface area contributed by atoms with Crippen LogP contribution in [0.2, 0.25) is 0 Å². The zero-order valence-electron chi connectivity index (χ0n) is 11.0. The van der Waals surface area contributed by atoms with Gasteiger partial charge in [0.25, 0.3) is 0 Å². The van der Waals surface area contributed by atoms with E-state index in [-0.39, 0.29) is 5.41 Å². The average molecular weight is 223 g/mol. The fourth-order valence-electron chi connectivity index (χ4n) is 2.07. The Labute approximate surface area is 99.4 Å². The summed E-state index contributed by atoms with van der Waals surface area (Å²) in [6.45, 7) is 10.9. The molecular weight excluding hydrogens is 198 g/mol. The van der Waals surface area contributed by atoms with Crippen LogP contribution >= 0.6 is 0 Å². The Morgan fingerprint density at radius 3 is 2.62 bits per heavy atom. The summed E-state index contributed by atoms with van der Waals surface area (Å²) in [6, 6.07) is 0. The molecular formula is C13H25N3. The number of hydrazine groups is 1. The minimum atomic E-state index is 0.282. The molecule has 0 saturated carbocycles. The molecule has 0 radical (unpaired) electrons. The van der Waals surface area contributed by atoms with Gasteiger partial charge in [-0.3, -0.25) is 0 Å². The molecule has 0 fully saturated rings. The van der Waals surface area contributed by atoms with Crippen LogP contribution in [0, 0.1) is 5.41 Å². The molecule has 0 atom stereocenters. The first kappa shape index (κ1) is 13.1. The van der Waals surface area contributed by atoms with E-state index in [9.17, 15) is 0 Å². The van der Waals surface area contributed by atoms with Crippen molar-refractivity contribution in [3.8, 4) is 0 Å². The van der Waals surface area contributed by atoms with Crippen molar-refractivity contribution >= 4 is 0 Å². The Kier molecular flexibility index (Phi) is 4.42. The van der Waals surface area contributed by atoms with E-state index >= 15 is 0 Å². The number of rotatable bonds is 4. The third-order valence-electron chi connectivity index (χ3n) is 2.59. The van der Waals surface area contributed by atoms with Gasteiger partial charge in [-0.2, -0.15) is 0 Å². The Hall–Kier alpha value is -0.960. The monoisotopic (exact) mass is 223 g/mol. The Bertz CT molecular complexity index is 284. The molecule has 1 aliphatic rings. The summed E-state index contributed by atoms with van der Waals surface area (Å²) >= 11 is 0. The van der Waals surface area contributed by atoms with E-state index in [0.717, 1.165) is 31.8 Å². The van der Waals surface area contributed by atoms with Crippen molar-refractivity contribution in [3.05, 3.63) is 23.5 Å². The molecule has 1 heterocycles. The quantitative estimate of drug-likeness (QED) is 0.568. The number of nitrogens with two attached hydrogens (primary N) is 1. The van der Waals surface area contributed by atoms with Gasteiger partial charge < -0.3 is 10.3 Å². The van der Waals surface area contributed by atoms with Crippen LogP contribution < -0.4 is 11.3 Å². The lowest BCUT2D eigenvalue weighted by Crippen LogP contribution is -2.42. The second-order valence-corrected chi connectivity index (χ2v) is 5.61. The van der Waals surface area contributed by atoms with Crippen molar-refractivity contribution in [1.82, 2.24) is 10.3 Å². The van der Waals surface area contributed by atoms with Crippen molar-refractivity contribution in [2.24, 2.45) is 11.3 Å². The summed E-state index contributed by atoms with van der Waals surface area (Å²) < 4.78 is 0. The van der Waals surface area contributed by atoms with Gasteiger partial charge in [-0.25, -0.2) is 5.84 Å². The van der Waals surface area contributed by atoms with Crippen molar-refractivity contribution in [3.63, 3.8) is 0 Å². The van der Waals surface area contributed by atoms with Gasteiger partial charge in [0.2, 0.25) is 0 Å². The zero-order valence-corrected chi connectivity index (χ0v) is 11.0. The summed E-state index contributed by atoms with van der Waals surface area (Å²) in [6.07, 6.45) is 6.64. The van der Waals surface area contributed by atoms with Crippen LogP contribution in [0.3, 0.4) is 0 Å². The number of hydrogen-bond donors (Lipinski definition) is 2. The van der Waals surface area contributed by atoms with Gasteiger partial charge in [0.1, 0.15) is 5.82 Å². The van der Waals surface area contributed by atoms with Crippen LogP contribution in [0.1, 0.15) is 40.5 Å². The van der Waals surface area contributed by atoms with Crippen molar-refractivity contribution in [2.45, 2.75) is 40.5 Å². The van der Waals surface area contributed by atoms with Crippen molar-refractivity contribution < 1.29 is 0 Å². The molecule has 92 valence electrons. The van der Waals surface area contributed by atoms with E-state index in [1.54, 1.807) is 0 Å². The van der Waals surface area contributed by atoms with E-state index in [1.165, 1.54) is 5.57 Å². The largest absolute Gasteiger partial charge is 0.353 e. The molecule has 0 amide bonds. The lowest BCUT2D eigenvalue weighted by molar-refractivity contribution is 0.234. The van der Waals surface area contributed by atoms with Crippen LogP contribution in [0.4, 0.5) is 0 Å². The second-order valence-electron chi connectivity index (χ2n) is 5.61. The predicted molar refractivity (Wildman–Crippen MR) is 69.4 cm³/mol. The van der Waals surface area contributed by atoms with Crippen molar-refractivity contribution in [1.29, 1.82) is 0 Å².